The lowest BCUT2D eigenvalue weighted by Gasteiger charge is -2.06. The molecule has 110 valence electrons. The molecule has 0 fully saturated rings. The van der Waals surface area contributed by atoms with Gasteiger partial charge >= 0.3 is 0 Å². The maximum Gasteiger partial charge on any atom is 0.266 e. The molecule has 0 bridgehead atoms. The molecule has 0 aliphatic rings. The number of halogens is 1. The van der Waals surface area contributed by atoms with E-state index in [9.17, 15) is 10.1 Å². The van der Waals surface area contributed by atoms with Gasteiger partial charge in [0, 0.05) is 16.3 Å². The predicted molar refractivity (Wildman–Crippen MR) is 86.7 cm³/mol. The maximum absolute atomic E-state index is 12.2. The van der Waals surface area contributed by atoms with Gasteiger partial charge in [0.1, 0.15) is 17.4 Å². The summed E-state index contributed by atoms with van der Waals surface area (Å²) in [6, 6.07) is 15.7. The van der Waals surface area contributed by atoms with Crippen LogP contribution in [0.3, 0.4) is 0 Å². The highest BCUT2D eigenvalue weighted by molar-refractivity contribution is 6.30. The molecule has 1 N–H and O–H groups in total. The second kappa shape index (κ2) is 7.30. The second-order valence-electron chi connectivity index (χ2n) is 4.37. The Labute approximate surface area is 133 Å². The molecule has 0 aliphatic heterocycles. The molecule has 5 heteroatoms. The molecule has 4 nitrogen and oxygen atoms in total. The lowest BCUT2D eigenvalue weighted by molar-refractivity contribution is -0.112. The van der Waals surface area contributed by atoms with Crippen LogP contribution in [0.25, 0.3) is 6.08 Å². The van der Waals surface area contributed by atoms with Crippen molar-refractivity contribution in [2.45, 2.75) is 0 Å². The number of benzene rings is 2. The number of amides is 1. The molecular weight excluding hydrogens is 300 g/mol. The predicted octanol–water partition coefficient (Wildman–Crippen LogP) is 3.89. The van der Waals surface area contributed by atoms with Gasteiger partial charge in [0.25, 0.3) is 5.91 Å². The van der Waals surface area contributed by atoms with Crippen molar-refractivity contribution in [1.29, 1.82) is 5.26 Å². The van der Waals surface area contributed by atoms with Crippen molar-refractivity contribution < 1.29 is 9.53 Å². The number of nitrogens with zero attached hydrogens (tertiary/aromatic N) is 1. The molecule has 0 saturated carbocycles. The maximum atomic E-state index is 12.2. The fourth-order valence-corrected chi connectivity index (χ4v) is 1.95. The average molecular weight is 313 g/mol. The van der Waals surface area contributed by atoms with E-state index in [1.807, 2.05) is 12.1 Å². The Bertz CT molecular complexity index is 746. The van der Waals surface area contributed by atoms with Crippen LogP contribution in [0.1, 0.15) is 5.56 Å². The van der Waals surface area contributed by atoms with Crippen LogP contribution in [0.4, 0.5) is 5.69 Å². The van der Waals surface area contributed by atoms with E-state index in [-0.39, 0.29) is 5.57 Å². The van der Waals surface area contributed by atoms with E-state index < -0.39 is 5.91 Å². The minimum absolute atomic E-state index is 0.0144. The van der Waals surface area contributed by atoms with Crippen LogP contribution in [-0.2, 0) is 4.79 Å². The van der Waals surface area contributed by atoms with Gasteiger partial charge in [-0.2, -0.15) is 5.26 Å². The summed E-state index contributed by atoms with van der Waals surface area (Å²) in [5, 5.41) is 12.4. The van der Waals surface area contributed by atoms with Gasteiger partial charge in [-0.25, -0.2) is 0 Å². The lowest BCUT2D eigenvalue weighted by atomic mass is 10.1. The Morgan fingerprint density at radius 1 is 1.23 bits per heavy atom. The Kier molecular flexibility index (Phi) is 5.18. The zero-order valence-electron chi connectivity index (χ0n) is 11.8. The van der Waals surface area contributed by atoms with Crippen molar-refractivity contribution in [1.82, 2.24) is 0 Å². The smallest absolute Gasteiger partial charge is 0.266 e. The molecule has 0 radical (unpaired) electrons. The number of nitriles is 1. The number of nitrogens with one attached hydrogen (secondary N) is 1. The Balaban J connectivity index is 2.24. The zero-order chi connectivity index (χ0) is 15.9. The fourth-order valence-electron chi connectivity index (χ4n) is 1.82. The monoisotopic (exact) mass is 312 g/mol. The Morgan fingerprint density at radius 3 is 2.55 bits per heavy atom. The molecule has 1 amide bonds. The summed E-state index contributed by atoms with van der Waals surface area (Å²) < 4.78 is 5.20. The molecule has 22 heavy (non-hydrogen) atoms. The molecule has 2 rings (SSSR count). The van der Waals surface area contributed by atoms with Gasteiger partial charge in [-0.1, -0.05) is 29.8 Å². The summed E-state index contributed by atoms with van der Waals surface area (Å²) in [5.74, 6) is 0.102. The van der Waals surface area contributed by atoms with Crippen molar-refractivity contribution in [3.8, 4) is 11.8 Å². The van der Waals surface area contributed by atoms with Gasteiger partial charge in [-0.15, -0.1) is 0 Å². The van der Waals surface area contributed by atoms with E-state index in [4.69, 9.17) is 16.3 Å². The number of hydrogen-bond acceptors (Lipinski definition) is 3. The first-order chi connectivity index (χ1) is 10.6. The Hall–Kier alpha value is -2.77. The van der Waals surface area contributed by atoms with Gasteiger partial charge < -0.3 is 10.1 Å². The third-order valence-corrected chi connectivity index (χ3v) is 3.16. The lowest BCUT2D eigenvalue weighted by Crippen LogP contribution is -2.13. The van der Waals surface area contributed by atoms with Crippen LogP contribution < -0.4 is 10.1 Å². The largest absolute Gasteiger partial charge is 0.496 e. The van der Waals surface area contributed by atoms with Crippen LogP contribution in [0.2, 0.25) is 5.02 Å². The number of ether oxygens (including phenoxy) is 1. The summed E-state index contributed by atoms with van der Waals surface area (Å²) in [6.45, 7) is 0. The number of methoxy groups -OCH3 is 1. The van der Waals surface area contributed by atoms with Gasteiger partial charge in [0.15, 0.2) is 0 Å². The van der Waals surface area contributed by atoms with Crippen molar-refractivity contribution >= 4 is 29.3 Å². The molecule has 0 heterocycles. The van der Waals surface area contributed by atoms with Crippen LogP contribution >= 0.6 is 11.6 Å². The molecule has 0 unspecified atom stereocenters. The van der Waals surface area contributed by atoms with E-state index in [1.165, 1.54) is 13.2 Å². The molecule has 0 spiro atoms. The highest BCUT2D eigenvalue weighted by atomic mass is 35.5. The molecule has 0 aliphatic carbocycles. The van der Waals surface area contributed by atoms with E-state index in [0.717, 1.165) is 0 Å². The van der Waals surface area contributed by atoms with Crippen molar-refractivity contribution in [3.63, 3.8) is 0 Å². The van der Waals surface area contributed by atoms with Crippen LogP contribution in [0, 0.1) is 11.3 Å². The summed E-state index contributed by atoms with van der Waals surface area (Å²) >= 11 is 5.79. The number of rotatable bonds is 4. The van der Waals surface area contributed by atoms with E-state index in [0.29, 0.717) is 22.0 Å². The first kappa shape index (κ1) is 15.6. The highest BCUT2D eigenvalue weighted by Crippen LogP contribution is 2.21. The summed E-state index contributed by atoms with van der Waals surface area (Å²) in [7, 11) is 1.53. The average Bonchev–Trinajstić information content (AvgIpc) is 2.55. The van der Waals surface area contributed by atoms with Gasteiger partial charge in [-0.05, 0) is 36.4 Å². The summed E-state index contributed by atoms with van der Waals surface area (Å²) in [4.78, 5) is 12.2. The zero-order valence-corrected chi connectivity index (χ0v) is 12.6. The quantitative estimate of drug-likeness (QED) is 0.688. The molecule has 0 atom stereocenters. The van der Waals surface area contributed by atoms with Gasteiger partial charge in [-0.3, -0.25) is 4.79 Å². The number of carbonyl (C=O) groups is 1. The van der Waals surface area contributed by atoms with Crippen LogP contribution in [0.15, 0.2) is 54.1 Å². The van der Waals surface area contributed by atoms with Crippen molar-refractivity contribution in [2.24, 2.45) is 0 Å². The van der Waals surface area contributed by atoms with E-state index in [2.05, 4.69) is 5.32 Å². The first-order valence-electron chi connectivity index (χ1n) is 6.46. The first-order valence-corrected chi connectivity index (χ1v) is 6.83. The van der Waals surface area contributed by atoms with Crippen molar-refractivity contribution in [3.05, 3.63) is 64.7 Å². The standard InChI is InChI=1S/C17H13ClN2O2/c1-22-16-5-3-2-4-12(16)10-13(11-19)17(21)20-15-8-6-14(18)7-9-15/h2-10H,1H3,(H,20,21)/b13-10+. The summed E-state index contributed by atoms with van der Waals surface area (Å²) in [6.07, 6.45) is 1.49. The number of carbonyl (C=O) groups excluding carboxylic acids is 1. The van der Waals surface area contributed by atoms with Crippen LogP contribution in [-0.4, -0.2) is 13.0 Å². The van der Waals surface area contributed by atoms with Gasteiger partial charge in [0.05, 0.1) is 7.11 Å². The van der Waals surface area contributed by atoms with E-state index >= 15 is 0 Å². The number of anilines is 1. The molecular formula is C17H13ClN2O2. The third kappa shape index (κ3) is 3.87. The topological polar surface area (TPSA) is 62.1 Å². The van der Waals surface area contributed by atoms with Gasteiger partial charge in [0.2, 0.25) is 0 Å². The number of hydrogen-bond donors (Lipinski definition) is 1. The molecule has 0 aromatic heterocycles. The van der Waals surface area contributed by atoms with Crippen LogP contribution in [0.5, 0.6) is 5.75 Å². The minimum Gasteiger partial charge on any atom is -0.496 e. The van der Waals surface area contributed by atoms with E-state index in [1.54, 1.807) is 42.5 Å². The number of para-hydroxylation sites is 1. The second-order valence-corrected chi connectivity index (χ2v) is 4.81. The fraction of sp³-hybridized carbons (Fsp3) is 0.0588. The highest BCUT2D eigenvalue weighted by Gasteiger charge is 2.11. The minimum atomic E-state index is -0.490. The normalized spacial score (nSPS) is 10.7. The molecule has 0 saturated heterocycles. The third-order valence-electron chi connectivity index (χ3n) is 2.91. The van der Waals surface area contributed by atoms with Crippen molar-refractivity contribution in [2.75, 3.05) is 12.4 Å². The molecule has 2 aromatic carbocycles. The Morgan fingerprint density at radius 2 is 1.91 bits per heavy atom. The SMILES string of the molecule is COc1ccccc1/C=C(\C#N)C(=O)Nc1ccc(Cl)cc1. The summed E-state index contributed by atoms with van der Waals surface area (Å²) in [5.41, 5.74) is 1.21. The molecule has 2 aromatic rings.